The summed E-state index contributed by atoms with van der Waals surface area (Å²) in [4.78, 5) is 33.2. The van der Waals surface area contributed by atoms with Crippen molar-refractivity contribution in [3.63, 3.8) is 0 Å². The number of hydrogen-bond acceptors (Lipinski definition) is 7. The van der Waals surface area contributed by atoms with Crippen LogP contribution in [-0.4, -0.2) is 45.9 Å². The Bertz CT molecular complexity index is 1380. The Morgan fingerprint density at radius 2 is 1.86 bits per heavy atom. The van der Waals surface area contributed by atoms with Crippen molar-refractivity contribution >= 4 is 29.3 Å². The zero-order valence-electron chi connectivity index (χ0n) is 20.5. The van der Waals surface area contributed by atoms with Crippen LogP contribution >= 0.6 is 0 Å². The maximum atomic E-state index is 12.6. The van der Waals surface area contributed by atoms with Crippen molar-refractivity contribution in [3.8, 4) is 0 Å². The molecule has 2 aromatic carbocycles. The van der Waals surface area contributed by atoms with Gasteiger partial charge in [-0.1, -0.05) is 59.7 Å². The Morgan fingerprint density at radius 1 is 1.08 bits per heavy atom. The summed E-state index contributed by atoms with van der Waals surface area (Å²) in [6.45, 7) is 3.41. The predicted molar refractivity (Wildman–Crippen MR) is 144 cm³/mol. The normalized spacial score (nSPS) is 15.8. The molecule has 2 aliphatic rings. The number of rotatable bonds is 8. The van der Waals surface area contributed by atoms with Crippen LogP contribution in [0.3, 0.4) is 0 Å². The molecular formula is C27H27N9O. The summed E-state index contributed by atoms with van der Waals surface area (Å²) in [5.41, 5.74) is 12.5. The van der Waals surface area contributed by atoms with Gasteiger partial charge in [-0.2, -0.15) is 4.98 Å². The average Bonchev–Trinajstić information content (AvgIpc) is 2.93. The number of carbonyl (C=O) groups is 1. The number of benzene rings is 2. The molecule has 0 saturated carbocycles. The Morgan fingerprint density at radius 3 is 2.65 bits per heavy atom. The maximum absolute atomic E-state index is 12.6. The number of hydrogen-bond donors (Lipinski definition) is 1. The van der Waals surface area contributed by atoms with Crippen LogP contribution in [0.25, 0.3) is 16.1 Å². The number of aromatic nitrogens is 2. The lowest BCUT2D eigenvalue weighted by Crippen LogP contribution is -2.54. The minimum Gasteiger partial charge on any atom is -0.351 e. The van der Waals surface area contributed by atoms with Gasteiger partial charge in [0, 0.05) is 36.7 Å². The summed E-state index contributed by atoms with van der Waals surface area (Å²) in [6.07, 6.45) is 4.88. The highest BCUT2D eigenvalue weighted by Crippen LogP contribution is 2.26. The molecule has 1 unspecified atom stereocenters. The van der Waals surface area contributed by atoms with E-state index in [-0.39, 0.29) is 11.9 Å². The third kappa shape index (κ3) is 5.60. The lowest BCUT2D eigenvalue weighted by atomic mass is 10.1. The Labute approximate surface area is 215 Å². The van der Waals surface area contributed by atoms with Gasteiger partial charge in [0.15, 0.2) is 0 Å². The number of carbonyl (C=O) groups excluding carboxylic acids is 1. The van der Waals surface area contributed by atoms with Gasteiger partial charge in [-0.3, -0.25) is 14.6 Å². The summed E-state index contributed by atoms with van der Waals surface area (Å²) in [6, 6.07) is 19.9. The number of nitrogens with one attached hydrogen (secondary N) is 1. The zero-order valence-corrected chi connectivity index (χ0v) is 20.5. The van der Waals surface area contributed by atoms with E-state index >= 15 is 0 Å². The molecule has 1 amide bonds. The van der Waals surface area contributed by atoms with Gasteiger partial charge in [-0.05, 0) is 47.7 Å². The van der Waals surface area contributed by atoms with Crippen molar-refractivity contribution in [2.45, 2.75) is 32.4 Å². The van der Waals surface area contributed by atoms with Crippen LogP contribution in [-0.2, 0) is 17.8 Å². The van der Waals surface area contributed by atoms with Crippen LogP contribution in [0.2, 0.25) is 0 Å². The van der Waals surface area contributed by atoms with Crippen LogP contribution in [0.1, 0.15) is 30.0 Å². The van der Waals surface area contributed by atoms with Gasteiger partial charge >= 0.3 is 0 Å². The van der Waals surface area contributed by atoms with Crippen molar-refractivity contribution in [3.05, 3.63) is 100 Å². The van der Waals surface area contributed by atoms with Crippen molar-refractivity contribution in [1.82, 2.24) is 14.9 Å². The van der Waals surface area contributed by atoms with Gasteiger partial charge < -0.3 is 5.32 Å². The molecule has 10 heteroatoms. The minimum atomic E-state index is 0.0600. The smallest absolute Gasteiger partial charge is 0.231 e. The molecule has 3 heterocycles. The summed E-state index contributed by atoms with van der Waals surface area (Å²) in [7, 11) is 0. The van der Waals surface area contributed by atoms with Gasteiger partial charge in [0.1, 0.15) is 5.82 Å². The summed E-state index contributed by atoms with van der Waals surface area (Å²) >= 11 is 0. The van der Waals surface area contributed by atoms with Crippen molar-refractivity contribution in [1.29, 1.82) is 0 Å². The fourth-order valence-corrected chi connectivity index (χ4v) is 4.43. The van der Waals surface area contributed by atoms with Gasteiger partial charge in [-0.25, -0.2) is 9.98 Å². The van der Waals surface area contributed by atoms with E-state index in [1.54, 1.807) is 11.1 Å². The van der Waals surface area contributed by atoms with Gasteiger partial charge in [0.05, 0.1) is 12.2 Å². The molecule has 0 radical (unpaired) electrons. The summed E-state index contributed by atoms with van der Waals surface area (Å²) in [5, 5.41) is 6.99. The SMILES string of the molecule is CC(Cc1ccc(CN=[N+]=[N-])cc1)Nc1nccc(N2CCC(=O)N3CC=C(c4ccccc4)N=C32)n1. The lowest BCUT2D eigenvalue weighted by molar-refractivity contribution is -0.127. The van der Waals surface area contributed by atoms with E-state index in [0.717, 1.165) is 28.8 Å². The summed E-state index contributed by atoms with van der Waals surface area (Å²) < 4.78 is 0. The van der Waals surface area contributed by atoms with Gasteiger partial charge in [-0.15, -0.1) is 0 Å². The molecule has 0 aliphatic carbocycles. The highest BCUT2D eigenvalue weighted by molar-refractivity contribution is 6.10. The summed E-state index contributed by atoms with van der Waals surface area (Å²) in [5.74, 6) is 1.86. The zero-order chi connectivity index (χ0) is 25.6. The van der Waals surface area contributed by atoms with E-state index in [9.17, 15) is 4.79 Å². The first kappa shape index (κ1) is 24.0. The largest absolute Gasteiger partial charge is 0.351 e. The number of nitrogens with zero attached hydrogens (tertiary/aromatic N) is 8. The molecular weight excluding hydrogens is 466 g/mol. The van der Waals surface area contributed by atoms with Gasteiger partial charge in [0.2, 0.25) is 17.8 Å². The van der Waals surface area contributed by atoms with Crippen molar-refractivity contribution in [2.75, 3.05) is 23.3 Å². The standard InChI is InChI=1S/C27H27N9O/c1-19(17-20-7-9-21(10-8-20)18-30-34-28)31-26-29-14-11-24(33-26)35-16-13-25(37)36-15-12-23(32-27(35)36)22-5-3-2-4-6-22/h2-12,14,19H,13,15-18H2,1H3,(H,29,31,33). The number of anilines is 2. The second-order valence-corrected chi connectivity index (χ2v) is 8.97. The molecule has 186 valence electrons. The van der Waals surface area contributed by atoms with E-state index in [4.69, 9.17) is 15.5 Å². The predicted octanol–water partition coefficient (Wildman–Crippen LogP) is 4.78. The molecule has 0 bridgehead atoms. The van der Waals surface area contributed by atoms with Crippen LogP contribution in [0.5, 0.6) is 0 Å². The second kappa shape index (κ2) is 10.9. The highest BCUT2D eigenvalue weighted by atomic mass is 16.2. The van der Waals surface area contributed by atoms with E-state index in [1.165, 1.54) is 0 Å². The monoisotopic (exact) mass is 493 g/mol. The Balaban J connectivity index is 1.31. The van der Waals surface area contributed by atoms with Crippen molar-refractivity contribution in [2.24, 2.45) is 10.1 Å². The van der Waals surface area contributed by atoms with E-state index in [0.29, 0.717) is 43.8 Å². The van der Waals surface area contributed by atoms with E-state index < -0.39 is 0 Å². The van der Waals surface area contributed by atoms with Crippen LogP contribution in [0, 0.1) is 0 Å². The molecule has 1 aromatic heterocycles. The quantitative estimate of drug-likeness (QED) is 0.275. The Hall–Kier alpha value is -4.69. The molecule has 1 atom stereocenters. The maximum Gasteiger partial charge on any atom is 0.231 e. The van der Waals surface area contributed by atoms with Crippen molar-refractivity contribution < 1.29 is 4.79 Å². The molecule has 1 saturated heterocycles. The number of azide groups is 1. The van der Waals surface area contributed by atoms with Crippen LogP contribution in [0.15, 0.2) is 83.0 Å². The molecule has 10 nitrogen and oxygen atoms in total. The fraction of sp³-hybridized carbons (Fsp3) is 0.259. The topological polar surface area (TPSA) is 122 Å². The lowest BCUT2D eigenvalue weighted by Gasteiger charge is -2.38. The van der Waals surface area contributed by atoms with Crippen LogP contribution < -0.4 is 10.2 Å². The first-order valence-electron chi connectivity index (χ1n) is 12.2. The third-order valence-corrected chi connectivity index (χ3v) is 6.26. The first-order chi connectivity index (χ1) is 18.1. The number of guanidine groups is 1. The average molecular weight is 494 g/mol. The number of fused-ring (bicyclic) bond motifs is 1. The first-order valence-corrected chi connectivity index (χ1v) is 12.2. The highest BCUT2D eigenvalue weighted by Gasteiger charge is 2.33. The Kier molecular flexibility index (Phi) is 7.09. The number of amides is 1. The van der Waals surface area contributed by atoms with Crippen LogP contribution in [0.4, 0.5) is 11.8 Å². The third-order valence-electron chi connectivity index (χ3n) is 6.26. The molecule has 1 fully saturated rings. The molecule has 1 N–H and O–H groups in total. The molecule has 37 heavy (non-hydrogen) atoms. The minimum absolute atomic E-state index is 0.0600. The fourth-order valence-electron chi connectivity index (χ4n) is 4.43. The second-order valence-electron chi connectivity index (χ2n) is 8.97. The number of aliphatic imine (C=N–C) groups is 1. The van der Waals surface area contributed by atoms with E-state index in [1.807, 2.05) is 71.6 Å². The molecule has 0 spiro atoms. The molecule has 5 rings (SSSR count). The van der Waals surface area contributed by atoms with E-state index in [2.05, 4.69) is 27.3 Å². The molecule has 2 aliphatic heterocycles. The van der Waals surface area contributed by atoms with Gasteiger partial charge in [0.25, 0.3) is 0 Å². The molecule has 3 aromatic rings.